The number of nitrogens with zero attached hydrogens (tertiary/aromatic N) is 1. The van der Waals surface area contributed by atoms with Crippen molar-refractivity contribution in [2.24, 2.45) is 5.92 Å². The highest BCUT2D eigenvalue weighted by Crippen LogP contribution is 2.25. The molecule has 1 saturated carbocycles. The van der Waals surface area contributed by atoms with E-state index >= 15 is 0 Å². The summed E-state index contributed by atoms with van der Waals surface area (Å²) in [5.41, 5.74) is 0. The molecule has 0 aromatic rings. The first-order valence-electron chi connectivity index (χ1n) is 5.24. The Bertz CT molecular complexity index is 205. The fourth-order valence-electron chi connectivity index (χ4n) is 1.96. The van der Waals surface area contributed by atoms with E-state index in [9.17, 15) is 4.79 Å². The van der Waals surface area contributed by atoms with Crippen molar-refractivity contribution in [3.05, 3.63) is 0 Å². The first-order valence-corrected chi connectivity index (χ1v) is 5.24. The van der Waals surface area contributed by atoms with E-state index in [0.717, 1.165) is 38.5 Å². The number of nitriles is 1. The van der Waals surface area contributed by atoms with Gasteiger partial charge in [-0.15, -0.1) is 0 Å². The Kier molecular flexibility index (Phi) is 4.53. The van der Waals surface area contributed by atoms with E-state index < -0.39 is 0 Å². The predicted octanol–water partition coefficient (Wildman–Crippen LogP) is 2.83. The Hall–Kier alpha value is -0.840. The molecule has 2 nitrogen and oxygen atoms in total. The summed E-state index contributed by atoms with van der Waals surface area (Å²) < 4.78 is 0. The zero-order valence-electron chi connectivity index (χ0n) is 8.09. The highest BCUT2D eigenvalue weighted by Gasteiger charge is 2.20. The molecule has 2 heteroatoms. The Morgan fingerprint density at radius 3 is 2.92 bits per heavy atom. The van der Waals surface area contributed by atoms with Gasteiger partial charge in [-0.1, -0.05) is 12.8 Å². The van der Waals surface area contributed by atoms with Crippen molar-refractivity contribution in [2.75, 3.05) is 0 Å². The lowest BCUT2D eigenvalue weighted by atomic mass is 9.84. The molecule has 1 aliphatic rings. The molecule has 72 valence electrons. The summed E-state index contributed by atoms with van der Waals surface area (Å²) in [6, 6.07) is 2.13. The first-order chi connectivity index (χ1) is 6.34. The number of ketones is 1. The molecule has 0 aromatic carbocycles. The fourth-order valence-corrected chi connectivity index (χ4v) is 1.96. The van der Waals surface area contributed by atoms with E-state index in [1.54, 1.807) is 0 Å². The van der Waals surface area contributed by atoms with Gasteiger partial charge in [0.1, 0.15) is 5.78 Å². The molecule has 0 aliphatic heterocycles. The quantitative estimate of drug-likeness (QED) is 0.622. The normalized spacial score (nSPS) is 22.7. The third-order valence-electron chi connectivity index (χ3n) is 2.77. The Balaban J connectivity index is 2.12. The van der Waals surface area contributed by atoms with Crippen LogP contribution in [0.3, 0.4) is 0 Å². The second-order valence-corrected chi connectivity index (χ2v) is 3.81. The topological polar surface area (TPSA) is 40.9 Å². The van der Waals surface area contributed by atoms with Crippen molar-refractivity contribution >= 4 is 5.78 Å². The lowest BCUT2D eigenvalue weighted by molar-refractivity contribution is -0.124. The molecule has 1 fully saturated rings. The van der Waals surface area contributed by atoms with Gasteiger partial charge in [0.15, 0.2) is 0 Å². The maximum atomic E-state index is 11.4. The van der Waals surface area contributed by atoms with Crippen molar-refractivity contribution in [3.8, 4) is 6.07 Å². The average molecular weight is 179 g/mol. The monoisotopic (exact) mass is 179 g/mol. The highest BCUT2D eigenvalue weighted by atomic mass is 16.1. The SMILES string of the molecule is N#CCCCCC1CCCCC1=O. The van der Waals surface area contributed by atoms with Crippen molar-refractivity contribution < 1.29 is 4.79 Å². The molecule has 0 amide bonds. The third kappa shape index (κ3) is 3.59. The summed E-state index contributed by atoms with van der Waals surface area (Å²) in [7, 11) is 0. The minimum atomic E-state index is 0.326. The van der Waals surface area contributed by atoms with Crippen LogP contribution < -0.4 is 0 Å². The summed E-state index contributed by atoms with van der Waals surface area (Å²) in [5.74, 6) is 0.788. The van der Waals surface area contributed by atoms with Gasteiger partial charge < -0.3 is 0 Å². The molecular weight excluding hydrogens is 162 g/mol. The second kappa shape index (κ2) is 5.75. The van der Waals surface area contributed by atoms with Crippen LogP contribution in [0, 0.1) is 17.2 Å². The first kappa shape index (κ1) is 10.2. The van der Waals surface area contributed by atoms with Crippen LogP contribution in [0.1, 0.15) is 51.4 Å². The summed E-state index contributed by atoms with van der Waals surface area (Å²) >= 11 is 0. The van der Waals surface area contributed by atoms with Gasteiger partial charge >= 0.3 is 0 Å². The van der Waals surface area contributed by atoms with Crippen molar-refractivity contribution in [2.45, 2.75) is 51.4 Å². The number of carbonyl (C=O) groups excluding carboxylic acids is 1. The van der Waals surface area contributed by atoms with E-state index in [2.05, 4.69) is 6.07 Å². The van der Waals surface area contributed by atoms with E-state index in [-0.39, 0.29) is 0 Å². The van der Waals surface area contributed by atoms with E-state index in [1.807, 2.05) is 0 Å². The lowest BCUT2D eigenvalue weighted by Crippen LogP contribution is -2.18. The minimum Gasteiger partial charge on any atom is -0.299 e. The van der Waals surface area contributed by atoms with Gasteiger partial charge in [-0.25, -0.2) is 0 Å². The maximum absolute atomic E-state index is 11.4. The number of hydrogen-bond acceptors (Lipinski definition) is 2. The molecule has 0 spiro atoms. The van der Waals surface area contributed by atoms with Gasteiger partial charge in [0.25, 0.3) is 0 Å². The van der Waals surface area contributed by atoms with E-state index in [1.165, 1.54) is 6.42 Å². The molecule has 1 rings (SSSR count). The Morgan fingerprint density at radius 1 is 1.38 bits per heavy atom. The molecule has 1 unspecified atom stereocenters. The van der Waals surface area contributed by atoms with Gasteiger partial charge in [-0.3, -0.25) is 4.79 Å². The van der Waals surface area contributed by atoms with Gasteiger partial charge in [-0.2, -0.15) is 5.26 Å². The Morgan fingerprint density at radius 2 is 2.23 bits per heavy atom. The molecule has 0 N–H and O–H groups in total. The van der Waals surface area contributed by atoms with Crippen LogP contribution in [0.5, 0.6) is 0 Å². The van der Waals surface area contributed by atoms with Crippen LogP contribution in [-0.2, 0) is 4.79 Å². The molecule has 1 aliphatic carbocycles. The third-order valence-corrected chi connectivity index (χ3v) is 2.77. The zero-order valence-corrected chi connectivity index (χ0v) is 8.09. The van der Waals surface area contributed by atoms with Gasteiger partial charge in [0, 0.05) is 18.8 Å². The van der Waals surface area contributed by atoms with Crippen LogP contribution in [-0.4, -0.2) is 5.78 Å². The van der Waals surface area contributed by atoms with E-state index in [0.29, 0.717) is 18.1 Å². The van der Waals surface area contributed by atoms with Crippen molar-refractivity contribution in [1.82, 2.24) is 0 Å². The van der Waals surface area contributed by atoms with Gasteiger partial charge in [0.05, 0.1) is 6.07 Å². The molecule has 0 radical (unpaired) electrons. The fraction of sp³-hybridized carbons (Fsp3) is 0.818. The van der Waals surface area contributed by atoms with Gasteiger partial charge in [0.2, 0.25) is 0 Å². The van der Waals surface area contributed by atoms with Crippen molar-refractivity contribution in [1.29, 1.82) is 5.26 Å². The second-order valence-electron chi connectivity index (χ2n) is 3.81. The molecular formula is C11H17NO. The maximum Gasteiger partial charge on any atom is 0.135 e. The summed E-state index contributed by atoms with van der Waals surface area (Å²) in [5, 5.41) is 8.34. The van der Waals surface area contributed by atoms with Crippen LogP contribution in [0.4, 0.5) is 0 Å². The smallest absolute Gasteiger partial charge is 0.135 e. The Labute approximate surface area is 79.9 Å². The van der Waals surface area contributed by atoms with Crippen LogP contribution in [0.25, 0.3) is 0 Å². The number of rotatable bonds is 4. The highest BCUT2D eigenvalue weighted by molar-refractivity contribution is 5.81. The molecule has 0 heterocycles. The standard InChI is InChI=1S/C11H17NO/c12-9-5-1-2-6-10-7-3-4-8-11(10)13/h10H,1-8H2. The number of Topliss-reactive ketones (excluding diaryl/α,β-unsaturated/α-hetero) is 1. The van der Waals surface area contributed by atoms with Crippen LogP contribution in [0.2, 0.25) is 0 Å². The molecule has 0 saturated heterocycles. The number of hydrogen-bond donors (Lipinski definition) is 0. The predicted molar refractivity (Wildman–Crippen MR) is 51.0 cm³/mol. The lowest BCUT2D eigenvalue weighted by Gasteiger charge is -2.19. The summed E-state index contributed by atoms with van der Waals surface area (Å²) in [6.45, 7) is 0. The van der Waals surface area contributed by atoms with Crippen molar-refractivity contribution in [3.63, 3.8) is 0 Å². The molecule has 13 heavy (non-hydrogen) atoms. The summed E-state index contributed by atoms with van der Waals surface area (Å²) in [4.78, 5) is 11.4. The largest absolute Gasteiger partial charge is 0.299 e. The molecule has 0 aromatic heterocycles. The molecule has 0 bridgehead atoms. The number of carbonyl (C=O) groups is 1. The zero-order chi connectivity index (χ0) is 9.52. The van der Waals surface area contributed by atoms with Gasteiger partial charge in [-0.05, 0) is 25.7 Å². The minimum absolute atomic E-state index is 0.326. The van der Waals surface area contributed by atoms with E-state index in [4.69, 9.17) is 5.26 Å². The average Bonchev–Trinajstić information content (AvgIpc) is 2.15. The number of unbranched alkanes of at least 4 members (excludes halogenated alkanes) is 2. The molecule has 1 atom stereocenters. The summed E-state index contributed by atoms with van der Waals surface area (Å²) in [6.07, 6.45) is 7.85. The van der Waals surface area contributed by atoms with Crippen LogP contribution in [0.15, 0.2) is 0 Å². The van der Waals surface area contributed by atoms with Crippen LogP contribution >= 0.6 is 0 Å².